The van der Waals surface area contributed by atoms with Gasteiger partial charge < -0.3 is 25.8 Å². The van der Waals surface area contributed by atoms with E-state index in [-0.39, 0.29) is 0 Å². The van der Waals surface area contributed by atoms with Crippen LogP contribution in [0, 0.1) is 0 Å². The highest BCUT2D eigenvalue weighted by Gasteiger charge is 2.06. The Morgan fingerprint density at radius 2 is 1.84 bits per heavy atom. The van der Waals surface area contributed by atoms with E-state index in [1.807, 2.05) is 36.4 Å². The lowest BCUT2D eigenvalue weighted by atomic mass is 10.1. The molecular formula is C19H25N3O2S. The Hall–Kier alpha value is -2.31. The van der Waals surface area contributed by atoms with Crippen LogP contribution in [0.5, 0.6) is 11.5 Å². The van der Waals surface area contributed by atoms with Crippen LogP contribution in [0.3, 0.4) is 0 Å². The van der Waals surface area contributed by atoms with Crippen molar-refractivity contribution in [2.24, 2.45) is 5.73 Å². The lowest BCUT2D eigenvalue weighted by molar-refractivity contribution is 0.302. The van der Waals surface area contributed by atoms with Gasteiger partial charge in [-0.25, -0.2) is 0 Å². The van der Waals surface area contributed by atoms with Crippen LogP contribution in [0.1, 0.15) is 11.1 Å². The quantitative estimate of drug-likeness (QED) is 0.597. The van der Waals surface area contributed by atoms with Crippen molar-refractivity contribution in [1.29, 1.82) is 0 Å². The molecule has 0 saturated heterocycles. The van der Waals surface area contributed by atoms with Gasteiger partial charge in [0.25, 0.3) is 0 Å². The number of rotatable bonds is 9. The maximum absolute atomic E-state index is 5.54. The predicted octanol–water partition coefficient (Wildman–Crippen LogP) is 2.24. The number of nitrogens with two attached hydrogens (primary N) is 1. The van der Waals surface area contributed by atoms with Gasteiger partial charge in [0.15, 0.2) is 16.6 Å². The Morgan fingerprint density at radius 1 is 1.04 bits per heavy atom. The summed E-state index contributed by atoms with van der Waals surface area (Å²) in [5.41, 5.74) is 7.81. The van der Waals surface area contributed by atoms with Crippen molar-refractivity contribution < 1.29 is 9.47 Å². The van der Waals surface area contributed by atoms with E-state index >= 15 is 0 Å². The van der Waals surface area contributed by atoms with Crippen LogP contribution in [-0.2, 0) is 13.0 Å². The minimum Gasteiger partial charge on any atom is -0.493 e. The average Bonchev–Trinajstić information content (AvgIpc) is 2.65. The third kappa shape index (κ3) is 6.60. The lowest BCUT2D eigenvalue weighted by Gasteiger charge is -2.13. The van der Waals surface area contributed by atoms with Crippen LogP contribution in [-0.4, -0.2) is 31.9 Å². The second-order valence-corrected chi connectivity index (χ2v) is 5.88. The van der Waals surface area contributed by atoms with Crippen LogP contribution >= 0.6 is 12.2 Å². The fourth-order valence-electron chi connectivity index (χ4n) is 2.32. The van der Waals surface area contributed by atoms with E-state index in [1.54, 1.807) is 7.11 Å². The summed E-state index contributed by atoms with van der Waals surface area (Å²) in [5, 5.41) is 7.06. The standard InChI is InChI=1S/C19H25N3O2S/c1-23-18-13-16(7-8-17(18)24-12-10-20)14-22-19(25)21-11-9-15-5-3-2-4-6-15/h2-8,13H,9-12,14,20H2,1H3,(H2,21,22,25). The maximum atomic E-state index is 5.54. The maximum Gasteiger partial charge on any atom is 0.166 e. The number of thiocarbonyl (C=S) groups is 1. The van der Waals surface area contributed by atoms with Gasteiger partial charge in [-0.05, 0) is 41.9 Å². The number of hydrogen-bond donors (Lipinski definition) is 3. The molecule has 4 N–H and O–H groups in total. The zero-order valence-corrected chi connectivity index (χ0v) is 15.3. The van der Waals surface area contributed by atoms with Gasteiger partial charge in [-0.3, -0.25) is 0 Å². The lowest BCUT2D eigenvalue weighted by Crippen LogP contribution is -2.35. The smallest absolute Gasteiger partial charge is 0.166 e. The Balaban J connectivity index is 1.77. The second kappa shape index (κ2) is 10.5. The monoisotopic (exact) mass is 359 g/mol. The minimum absolute atomic E-state index is 0.462. The molecule has 0 amide bonds. The molecule has 0 spiro atoms. The Labute approximate surface area is 154 Å². The highest BCUT2D eigenvalue weighted by molar-refractivity contribution is 7.80. The van der Waals surface area contributed by atoms with Crippen molar-refractivity contribution in [1.82, 2.24) is 10.6 Å². The highest BCUT2D eigenvalue weighted by Crippen LogP contribution is 2.27. The largest absolute Gasteiger partial charge is 0.493 e. The molecule has 6 heteroatoms. The van der Waals surface area contributed by atoms with Gasteiger partial charge in [-0.1, -0.05) is 36.4 Å². The molecule has 0 atom stereocenters. The number of ether oxygens (including phenoxy) is 2. The molecule has 0 bridgehead atoms. The summed E-state index contributed by atoms with van der Waals surface area (Å²) in [5.74, 6) is 1.39. The molecule has 0 aliphatic rings. The molecule has 0 fully saturated rings. The van der Waals surface area contributed by atoms with E-state index in [1.165, 1.54) is 5.56 Å². The molecular weight excluding hydrogens is 334 g/mol. The zero-order chi connectivity index (χ0) is 17.9. The topological polar surface area (TPSA) is 68.5 Å². The van der Waals surface area contributed by atoms with Crippen LogP contribution in [0.2, 0.25) is 0 Å². The first kappa shape index (κ1) is 19.0. The van der Waals surface area contributed by atoms with Crippen molar-refractivity contribution in [3.63, 3.8) is 0 Å². The van der Waals surface area contributed by atoms with Crippen molar-refractivity contribution in [3.05, 3.63) is 59.7 Å². The fraction of sp³-hybridized carbons (Fsp3) is 0.316. The molecule has 0 heterocycles. The van der Waals surface area contributed by atoms with Gasteiger partial charge in [-0.15, -0.1) is 0 Å². The molecule has 0 saturated carbocycles. The van der Waals surface area contributed by atoms with E-state index in [2.05, 4.69) is 22.8 Å². The fourth-order valence-corrected chi connectivity index (χ4v) is 2.49. The summed E-state index contributed by atoms with van der Waals surface area (Å²) >= 11 is 5.32. The number of hydrogen-bond acceptors (Lipinski definition) is 4. The summed E-state index contributed by atoms with van der Waals surface area (Å²) in [6, 6.07) is 16.1. The number of nitrogens with one attached hydrogen (secondary N) is 2. The molecule has 0 aromatic heterocycles. The average molecular weight is 359 g/mol. The first-order chi connectivity index (χ1) is 12.2. The van der Waals surface area contributed by atoms with E-state index in [9.17, 15) is 0 Å². The Bertz CT molecular complexity index is 665. The summed E-state index contributed by atoms with van der Waals surface area (Å²) in [4.78, 5) is 0. The molecule has 0 radical (unpaired) electrons. The third-order valence-corrected chi connectivity index (χ3v) is 3.89. The molecule has 0 aliphatic carbocycles. The number of methoxy groups -OCH3 is 1. The molecule has 134 valence electrons. The van der Waals surface area contributed by atoms with Gasteiger partial charge in [0.2, 0.25) is 0 Å². The summed E-state index contributed by atoms with van der Waals surface area (Å²) in [6.07, 6.45) is 0.934. The molecule has 2 aromatic rings. The second-order valence-electron chi connectivity index (χ2n) is 5.47. The van der Waals surface area contributed by atoms with Crippen LogP contribution in [0.25, 0.3) is 0 Å². The van der Waals surface area contributed by atoms with Crippen molar-refractivity contribution >= 4 is 17.3 Å². The van der Waals surface area contributed by atoms with Crippen molar-refractivity contribution in [2.75, 3.05) is 26.8 Å². The molecule has 2 aromatic carbocycles. The Morgan fingerprint density at radius 3 is 2.56 bits per heavy atom. The first-order valence-corrected chi connectivity index (χ1v) is 8.69. The molecule has 2 rings (SSSR count). The van der Waals surface area contributed by atoms with Gasteiger partial charge in [0, 0.05) is 19.6 Å². The van der Waals surface area contributed by atoms with Crippen LogP contribution in [0.4, 0.5) is 0 Å². The first-order valence-electron chi connectivity index (χ1n) is 8.28. The van der Waals surface area contributed by atoms with E-state index in [4.69, 9.17) is 27.4 Å². The minimum atomic E-state index is 0.462. The van der Waals surface area contributed by atoms with Gasteiger partial charge in [-0.2, -0.15) is 0 Å². The van der Waals surface area contributed by atoms with Gasteiger partial charge in [0.1, 0.15) is 6.61 Å². The van der Waals surface area contributed by atoms with Crippen molar-refractivity contribution in [3.8, 4) is 11.5 Å². The zero-order valence-electron chi connectivity index (χ0n) is 14.5. The SMILES string of the molecule is COc1cc(CNC(=S)NCCc2ccccc2)ccc1OCCN. The predicted molar refractivity (Wildman–Crippen MR) is 105 cm³/mol. The van der Waals surface area contributed by atoms with Crippen LogP contribution in [0.15, 0.2) is 48.5 Å². The Kier molecular flexibility index (Phi) is 8.01. The third-order valence-electron chi connectivity index (χ3n) is 3.60. The normalized spacial score (nSPS) is 10.2. The summed E-state index contributed by atoms with van der Waals surface area (Å²) < 4.78 is 10.9. The van der Waals surface area contributed by atoms with Gasteiger partial charge >= 0.3 is 0 Å². The highest BCUT2D eigenvalue weighted by atomic mass is 32.1. The van der Waals surface area contributed by atoms with E-state index < -0.39 is 0 Å². The molecule has 0 aliphatic heterocycles. The number of benzene rings is 2. The van der Waals surface area contributed by atoms with E-state index in [0.29, 0.717) is 36.3 Å². The molecule has 0 unspecified atom stereocenters. The molecule has 25 heavy (non-hydrogen) atoms. The molecule has 5 nitrogen and oxygen atoms in total. The summed E-state index contributed by atoms with van der Waals surface area (Å²) in [6.45, 7) is 2.34. The summed E-state index contributed by atoms with van der Waals surface area (Å²) in [7, 11) is 1.62. The van der Waals surface area contributed by atoms with Crippen LogP contribution < -0.4 is 25.8 Å². The van der Waals surface area contributed by atoms with Crippen molar-refractivity contribution in [2.45, 2.75) is 13.0 Å². The van der Waals surface area contributed by atoms with Gasteiger partial charge in [0.05, 0.1) is 7.11 Å². The van der Waals surface area contributed by atoms with E-state index in [0.717, 1.165) is 18.5 Å².